The van der Waals surface area contributed by atoms with Crippen LogP contribution in [0.2, 0.25) is 0 Å². The molecule has 0 saturated carbocycles. The molecule has 0 unspecified atom stereocenters. The van der Waals surface area contributed by atoms with Crippen LogP contribution in [0.25, 0.3) is 0 Å². The van der Waals surface area contributed by atoms with E-state index in [1.807, 2.05) is 17.8 Å². The summed E-state index contributed by atoms with van der Waals surface area (Å²) in [4.78, 5) is 1.13. The van der Waals surface area contributed by atoms with Gasteiger partial charge in [0.1, 0.15) is 4.21 Å². The van der Waals surface area contributed by atoms with Gasteiger partial charge in [0.05, 0.1) is 0 Å². The predicted molar refractivity (Wildman–Crippen MR) is 87.3 cm³/mol. The Bertz CT molecular complexity index is 505. The maximum absolute atomic E-state index is 12.6. The van der Waals surface area contributed by atoms with E-state index in [9.17, 15) is 8.42 Å². The second-order valence-electron chi connectivity index (χ2n) is 4.69. The molecule has 1 N–H and O–H groups in total. The summed E-state index contributed by atoms with van der Waals surface area (Å²) in [5, 5.41) is 3.26. The van der Waals surface area contributed by atoms with E-state index in [0.29, 0.717) is 17.3 Å². The zero-order chi connectivity index (χ0) is 14.4. The van der Waals surface area contributed by atoms with Gasteiger partial charge in [-0.25, -0.2) is 8.42 Å². The number of likely N-dealkylation sites (N-methyl/N-ethyl adjacent to an activating group) is 1. The number of thioether (sulfide) groups is 1. The van der Waals surface area contributed by atoms with Crippen LogP contribution in [-0.4, -0.2) is 50.4 Å². The molecule has 0 aromatic carbocycles. The smallest absolute Gasteiger partial charge is 0.252 e. The maximum Gasteiger partial charge on any atom is 0.252 e. The maximum atomic E-state index is 12.6. The summed E-state index contributed by atoms with van der Waals surface area (Å²) in [6, 6.07) is 3.71. The zero-order valence-corrected chi connectivity index (χ0v) is 14.2. The summed E-state index contributed by atoms with van der Waals surface area (Å²) in [7, 11) is -3.28. The third-order valence-electron chi connectivity index (χ3n) is 3.21. The van der Waals surface area contributed by atoms with E-state index >= 15 is 0 Å². The number of hydrogen-bond acceptors (Lipinski definition) is 5. The van der Waals surface area contributed by atoms with Crippen LogP contribution in [0.5, 0.6) is 0 Å². The molecule has 1 fully saturated rings. The van der Waals surface area contributed by atoms with Crippen molar-refractivity contribution in [2.45, 2.75) is 24.0 Å². The zero-order valence-electron chi connectivity index (χ0n) is 11.8. The molecule has 0 spiro atoms. The quantitative estimate of drug-likeness (QED) is 0.809. The fourth-order valence-corrected chi connectivity index (χ4v) is 6.10. The molecule has 0 atom stereocenters. The van der Waals surface area contributed by atoms with Crippen LogP contribution in [-0.2, 0) is 16.4 Å². The lowest BCUT2D eigenvalue weighted by Gasteiger charge is -2.18. The second-order valence-corrected chi connectivity index (χ2v) is 9.25. The van der Waals surface area contributed by atoms with Crippen molar-refractivity contribution in [3.05, 3.63) is 17.0 Å². The Kier molecular flexibility index (Phi) is 6.35. The first-order valence-corrected chi connectivity index (χ1v) is 10.4. The molecular formula is C13H22N2O2S3. The molecule has 114 valence electrons. The van der Waals surface area contributed by atoms with E-state index in [4.69, 9.17) is 0 Å². The summed E-state index contributed by atoms with van der Waals surface area (Å²) < 4.78 is 27.3. The van der Waals surface area contributed by atoms with E-state index in [2.05, 4.69) is 12.2 Å². The molecule has 4 nitrogen and oxygen atoms in total. The van der Waals surface area contributed by atoms with Gasteiger partial charge in [0, 0.05) is 23.7 Å². The second kappa shape index (κ2) is 7.79. The van der Waals surface area contributed by atoms with Crippen LogP contribution < -0.4 is 5.32 Å². The lowest BCUT2D eigenvalue weighted by molar-refractivity contribution is 0.436. The predicted octanol–water partition coefficient (Wildman–Crippen LogP) is 2.03. The number of rotatable bonds is 6. The first-order valence-electron chi connectivity index (χ1n) is 7.02. The Morgan fingerprint density at radius 3 is 2.95 bits per heavy atom. The number of nitrogens with one attached hydrogen (secondary N) is 1. The molecule has 1 saturated heterocycles. The molecular weight excluding hydrogens is 312 g/mol. The summed E-state index contributed by atoms with van der Waals surface area (Å²) in [5.74, 6) is 1.96. The summed E-state index contributed by atoms with van der Waals surface area (Å²) in [6.07, 6.45) is 1.84. The number of sulfonamides is 1. The van der Waals surface area contributed by atoms with Gasteiger partial charge in [-0.1, -0.05) is 6.92 Å². The standard InChI is InChI=1S/C13H22N2O2S3/c1-2-14-7-6-12-4-5-13(19-12)20(16,17)15-8-3-10-18-11-9-15/h4-5,14H,2-3,6-11H2,1H3. The van der Waals surface area contributed by atoms with Gasteiger partial charge in [0.25, 0.3) is 10.0 Å². The SMILES string of the molecule is CCNCCc1ccc(S(=O)(=O)N2CCCSCC2)s1. The monoisotopic (exact) mass is 334 g/mol. The fourth-order valence-electron chi connectivity index (χ4n) is 2.11. The van der Waals surface area contributed by atoms with Crippen LogP contribution in [0.1, 0.15) is 18.2 Å². The van der Waals surface area contributed by atoms with E-state index in [0.717, 1.165) is 42.3 Å². The molecule has 0 bridgehead atoms. The van der Waals surface area contributed by atoms with Gasteiger partial charge in [0.15, 0.2) is 0 Å². The fraction of sp³-hybridized carbons (Fsp3) is 0.692. The molecule has 1 aromatic heterocycles. The Morgan fingerprint density at radius 1 is 1.30 bits per heavy atom. The van der Waals surface area contributed by atoms with Crippen molar-refractivity contribution in [2.24, 2.45) is 0 Å². The van der Waals surface area contributed by atoms with Gasteiger partial charge < -0.3 is 5.32 Å². The normalized spacial score (nSPS) is 18.1. The number of hydrogen-bond donors (Lipinski definition) is 1. The van der Waals surface area contributed by atoms with Gasteiger partial charge in [0.2, 0.25) is 0 Å². The highest BCUT2D eigenvalue weighted by Crippen LogP contribution is 2.26. The Morgan fingerprint density at radius 2 is 2.15 bits per heavy atom. The van der Waals surface area contributed by atoms with Crippen molar-refractivity contribution < 1.29 is 8.42 Å². The van der Waals surface area contributed by atoms with E-state index in [1.165, 1.54) is 11.3 Å². The van der Waals surface area contributed by atoms with Gasteiger partial charge in [-0.15, -0.1) is 11.3 Å². The van der Waals surface area contributed by atoms with Crippen molar-refractivity contribution in [1.82, 2.24) is 9.62 Å². The molecule has 1 aromatic rings. The Hall–Kier alpha value is -0.0800. The van der Waals surface area contributed by atoms with Crippen molar-refractivity contribution in [3.8, 4) is 0 Å². The minimum atomic E-state index is -3.28. The molecule has 0 aliphatic carbocycles. The minimum Gasteiger partial charge on any atom is -0.317 e. The van der Waals surface area contributed by atoms with Gasteiger partial charge in [-0.2, -0.15) is 16.1 Å². The van der Waals surface area contributed by atoms with E-state index in [-0.39, 0.29) is 0 Å². The van der Waals surface area contributed by atoms with Crippen LogP contribution in [0.15, 0.2) is 16.3 Å². The van der Waals surface area contributed by atoms with Gasteiger partial charge in [-0.3, -0.25) is 0 Å². The van der Waals surface area contributed by atoms with E-state index < -0.39 is 10.0 Å². The molecule has 0 radical (unpaired) electrons. The molecule has 0 amide bonds. The highest BCUT2D eigenvalue weighted by molar-refractivity contribution is 7.99. The van der Waals surface area contributed by atoms with Gasteiger partial charge in [-0.05, 0) is 43.8 Å². The van der Waals surface area contributed by atoms with Crippen molar-refractivity contribution in [3.63, 3.8) is 0 Å². The van der Waals surface area contributed by atoms with Crippen LogP contribution >= 0.6 is 23.1 Å². The summed E-state index contributed by atoms with van der Waals surface area (Å²) >= 11 is 3.25. The van der Waals surface area contributed by atoms with Crippen LogP contribution in [0.4, 0.5) is 0 Å². The largest absolute Gasteiger partial charge is 0.317 e. The molecule has 7 heteroatoms. The number of nitrogens with zero attached hydrogens (tertiary/aromatic N) is 1. The third kappa shape index (κ3) is 4.21. The molecule has 20 heavy (non-hydrogen) atoms. The number of thiophene rings is 1. The topological polar surface area (TPSA) is 49.4 Å². The highest BCUT2D eigenvalue weighted by atomic mass is 32.2. The minimum absolute atomic E-state index is 0.496. The highest BCUT2D eigenvalue weighted by Gasteiger charge is 2.26. The lowest BCUT2D eigenvalue weighted by Crippen LogP contribution is -2.32. The average Bonchev–Trinajstić information content (AvgIpc) is 2.73. The van der Waals surface area contributed by atoms with Crippen molar-refractivity contribution >= 4 is 33.1 Å². The Balaban J connectivity index is 2.05. The molecule has 2 heterocycles. The first kappa shape index (κ1) is 16.3. The van der Waals surface area contributed by atoms with Crippen LogP contribution in [0.3, 0.4) is 0 Å². The van der Waals surface area contributed by atoms with Crippen LogP contribution in [0, 0.1) is 0 Å². The molecule has 1 aliphatic heterocycles. The lowest BCUT2D eigenvalue weighted by atomic mass is 10.3. The third-order valence-corrected chi connectivity index (χ3v) is 7.77. The Labute approximate surface area is 130 Å². The van der Waals surface area contributed by atoms with Gasteiger partial charge >= 0.3 is 0 Å². The average molecular weight is 335 g/mol. The molecule has 2 rings (SSSR count). The molecule has 1 aliphatic rings. The first-order chi connectivity index (χ1) is 9.64. The van der Waals surface area contributed by atoms with Crippen molar-refractivity contribution in [1.29, 1.82) is 0 Å². The van der Waals surface area contributed by atoms with E-state index in [1.54, 1.807) is 10.4 Å². The summed E-state index contributed by atoms with van der Waals surface area (Å²) in [5.41, 5.74) is 0. The van der Waals surface area contributed by atoms with Crippen molar-refractivity contribution in [2.75, 3.05) is 37.7 Å². The summed E-state index contributed by atoms with van der Waals surface area (Å²) in [6.45, 7) is 5.21.